The molecule has 178 valence electrons. The first kappa shape index (κ1) is 20.9. The monoisotopic (exact) mass is 458 g/mol. The lowest BCUT2D eigenvalue weighted by atomic mass is 9.50. The Kier molecular flexibility index (Phi) is 4.81. The number of methoxy groups -OCH3 is 1. The number of benzene rings is 1. The van der Waals surface area contributed by atoms with Crippen LogP contribution in [0.3, 0.4) is 0 Å². The Morgan fingerprint density at radius 2 is 1.59 bits per heavy atom. The summed E-state index contributed by atoms with van der Waals surface area (Å²) in [7, 11) is 1.78. The molecule has 5 nitrogen and oxygen atoms in total. The summed E-state index contributed by atoms with van der Waals surface area (Å²) in [6, 6.07) is 6.49. The van der Waals surface area contributed by atoms with Crippen molar-refractivity contribution in [2.75, 3.05) is 33.3 Å². The van der Waals surface area contributed by atoms with Gasteiger partial charge >= 0.3 is 0 Å². The Bertz CT molecular complexity index is 1050. The van der Waals surface area contributed by atoms with Crippen LogP contribution in [0.2, 0.25) is 0 Å². The Morgan fingerprint density at radius 1 is 0.912 bits per heavy atom. The van der Waals surface area contributed by atoms with Crippen LogP contribution in [0.5, 0.6) is 5.75 Å². The fourth-order valence-corrected chi connectivity index (χ4v) is 8.32. The number of amides is 2. The second kappa shape index (κ2) is 7.81. The van der Waals surface area contributed by atoms with Crippen molar-refractivity contribution in [1.82, 2.24) is 9.80 Å². The molecule has 0 radical (unpaired) electrons. The van der Waals surface area contributed by atoms with E-state index in [1.807, 2.05) is 0 Å². The van der Waals surface area contributed by atoms with Crippen molar-refractivity contribution in [2.45, 2.75) is 31.6 Å². The largest absolute Gasteiger partial charge is 0.496 e. The smallest absolute Gasteiger partial charge is 0.233 e. The minimum Gasteiger partial charge on any atom is -0.496 e. The van der Waals surface area contributed by atoms with Crippen molar-refractivity contribution in [3.8, 4) is 5.75 Å². The second-order valence-electron chi connectivity index (χ2n) is 11.4. The highest BCUT2D eigenvalue weighted by Crippen LogP contribution is 2.58. The summed E-state index contributed by atoms with van der Waals surface area (Å²) in [6.45, 7) is 3.91. The van der Waals surface area contributed by atoms with Crippen LogP contribution in [0.1, 0.15) is 36.3 Å². The molecule has 8 rings (SSSR count). The van der Waals surface area contributed by atoms with Gasteiger partial charge in [0.15, 0.2) is 0 Å². The van der Waals surface area contributed by atoms with Gasteiger partial charge in [0.2, 0.25) is 11.8 Å². The summed E-state index contributed by atoms with van der Waals surface area (Å²) in [4.78, 5) is 30.7. The van der Waals surface area contributed by atoms with Crippen molar-refractivity contribution in [3.05, 3.63) is 53.6 Å². The summed E-state index contributed by atoms with van der Waals surface area (Å²) in [5.41, 5.74) is 2.92. The number of piperidine rings is 1. The first-order valence-electron chi connectivity index (χ1n) is 13.3. The summed E-state index contributed by atoms with van der Waals surface area (Å²) >= 11 is 0. The minimum atomic E-state index is -0.103. The number of ether oxygens (including phenoxy) is 1. The van der Waals surface area contributed by atoms with Gasteiger partial charge in [-0.3, -0.25) is 14.5 Å². The lowest BCUT2D eigenvalue weighted by Gasteiger charge is -2.51. The molecule has 2 aliphatic heterocycles. The zero-order chi connectivity index (χ0) is 23.0. The topological polar surface area (TPSA) is 49.9 Å². The minimum absolute atomic E-state index is 0.103. The van der Waals surface area contributed by atoms with Gasteiger partial charge in [0.1, 0.15) is 5.75 Å². The quantitative estimate of drug-likeness (QED) is 0.371. The molecule has 5 heteroatoms. The zero-order valence-electron chi connectivity index (χ0n) is 19.9. The third kappa shape index (κ3) is 2.89. The van der Waals surface area contributed by atoms with E-state index in [4.69, 9.17) is 4.74 Å². The molecular formula is C29H34N2O3. The van der Waals surface area contributed by atoms with Gasteiger partial charge in [0, 0.05) is 18.7 Å². The number of carbonyl (C=O) groups is 2. The summed E-state index contributed by atoms with van der Waals surface area (Å²) in [5.74, 6) is 3.81. The number of rotatable bonds is 6. The van der Waals surface area contributed by atoms with Gasteiger partial charge in [0.05, 0.1) is 18.9 Å². The normalized spacial score (nSPS) is 39.0. The maximum Gasteiger partial charge on any atom is 0.233 e. The number of allylic oxidation sites excluding steroid dienone is 4. The summed E-state index contributed by atoms with van der Waals surface area (Å²) in [6.07, 6.45) is 13.3. The molecule has 8 atom stereocenters. The molecule has 1 aromatic rings. The van der Waals surface area contributed by atoms with E-state index in [1.54, 1.807) is 12.0 Å². The SMILES string of the molecule is COc1cccc2c1C1CCN(CCCCN3C(=O)C4C5C=CC(C6C=CC65)C4C3=O)CC1C2. The molecule has 7 aliphatic rings. The first-order valence-corrected chi connectivity index (χ1v) is 13.3. The number of likely N-dealkylation sites (tertiary alicyclic amines) is 2. The maximum absolute atomic E-state index is 13.2. The van der Waals surface area contributed by atoms with E-state index in [-0.39, 0.29) is 35.5 Å². The lowest BCUT2D eigenvalue weighted by molar-refractivity contribution is -0.140. The van der Waals surface area contributed by atoms with Gasteiger partial charge in [0.25, 0.3) is 0 Å². The number of unbranched alkanes of at least 4 members (excludes halogenated alkanes) is 1. The van der Waals surface area contributed by atoms with Crippen molar-refractivity contribution < 1.29 is 14.3 Å². The van der Waals surface area contributed by atoms with Crippen LogP contribution in [0.15, 0.2) is 42.5 Å². The van der Waals surface area contributed by atoms with E-state index in [9.17, 15) is 9.59 Å². The summed E-state index contributed by atoms with van der Waals surface area (Å²) < 4.78 is 5.67. The van der Waals surface area contributed by atoms with Crippen LogP contribution < -0.4 is 4.74 Å². The fourth-order valence-electron chi connectivity index (χ4n) is 8.32. The Labute approximate surface area is 201 Å². The van der Waals surface area contributed by atoms with Crippen LogP contribution in [-0.4, -0.2) is 54.9 Å². The number of nitrogens with zero attached hydrogens (tertiary/aromatic N) is 2. The van der Waals surface area contributed by atoms with E-state index < -0.39 is 0 Å². The highest BCUT2D eigenvalue weighted by molar-refractivity contribution is 6.06. The fraction of sp³-hybridized carbons (Fsp3) is 0.586. The predicted octanol–water partition coefficient (Wildman–Crippen LogP) is 3.66. The van der Waals surface area contributed by atoms with Crippen LogP contribution >= 0.6 is 0 Å². The first-order chi connectivity index (χ1) is 16.7. The average Bonchev–Trinajstić information content (AvgIpc) is 3.32. The van der Waals surface area contributed by atoms with Gasteiger partial charge in [-0.05, 0) is 85.9 Å². The zero-order valence-corrected chi connectivity index (χ0v) is 19.9. The molecule has 8 unspecified atom stereocenters. The molecular weight excluding hydrogens is 424 g/mol. The van der Waals surface area contributed by atoms with Gasteiger partial charge in [-0.15, -0.1) is 0 Å². The van der Waals surface area contributed by atoms with Crippen molar-refractivity contribution in [3.63, 3.8) is 0 Å². The molecule has 3 fully saturated rings. The standard InChI is InChI=1S/C29H34N2O3/c1-34-24-6-4-5-17-15-18-16-30(14-11-19(18)25(17)24)12-2-3-13-31-28(32)26-22-9-10-23(27(26)29(31)33)21-8-7-20(21)22/h4-10,18-23,26-27H,2-3,11-16H2,1H3. The second-order valence-corrected chi connectivity index (χ2v) is 11.4. The molecule has 1 aromatic carbocycles. The lowest BCUT2D eigenvalue weighted by Crippen LogP contribution is -2.50. The number of fused-ring (bicyclic) bond motifs is 3. The van der Waals surface area contributed by atoms with Crippen LogP contribution in [-0.2, 0) is 16.0 Å². The molecule has 0 aromatic heterocycles. The van der Waals surface area contributed by atoms with Crippen molar-refractivity contribution in [2.24, 2.45) is 41.4 Å². The number of hydrogen-bond acceptors (Lipinski definition) is 4. The molecule has 2 bridgehead atoms. The molecule has 5 aliphatic carbocycles. The third-order valence-electron chi connectivity index (χ3n) is 9.92. The molecule has 0 spiro atoms. The van der Waals surface area contributed by atoms with Crippen molar-refractivity contribution >= 4 is 11.8 Å². The maximum atomic E-state index is 13.2. The van der Waals surface area contributed by atoms with E-state index in [0.29, 0.717) is 30.2 Å². The van der Waals surface area contributed by atoms with Gasteiger partial charge in [-0.1, -0.05) is 36.4 Å². The molecule has 0 N–H and O–H groups in total. The predicted molar refractivity (Wildman–Crippen MR) is 129 cm³/mol. The van der Waals surface area contributed by atoms with Crippen LogP contribution in [0.25, 0.3) is 0 Å². The Balaban J connectivity index is 0.931. The number of carbonyl (C=O) groups excluding carboxylic acids is 2. The van der Waals surface area contributed by atoms with Gasteiger partial charge in [-0.25, -0.2) is 0 Å². The van der Waals surface area contributed by atoms with E-state index >= 15 is 0 Å². The van der Waals surface area contributed by atoms with Crippen molar-refractivity contribution in [1.29, 1.82) is 0 Å². The van der Waals surface area contributed by atoms with Crippen LogP contribution in [0, 0.1) is 41.4 Å². The van der Waals surface area contributed by atoms with E-state index in [1.165, 1.54) is 17.5 Å². The molecule has 1 saturated carbocycles. The number of hydrogen-bond donors (Lipinski definition) is 0. The Hall–Kier alpha value is -2.40. The molecule has 2 amide bonds. The third-order valence-corrected chi connectivity index (χ3v) is 9.92. The molecule has 2 heterocycles. The molecule has 2 saturated heterocycles. The number of imide groups is 1. The van der Waals surface area contributed by atoms with Crippen LogP contribution in [0.4, 0.5) is 0 Å². The average molecular weight is 459 g/mol. The Morgan fingerprint density at radius 3 is 2.26 bits per heavy atom. The van der Waals surface area contributed by atoms with E-state index in [0.717, 1.165) is 44.6 Å². The van der Waals surface area contributed by atoms with Gasteiger partial charge < -0.3 is 9.64 Å². The summed E-state index contributed by atoms with van der Waals surface area (Å²) in [5, 5.41) is 0. The van der Waals surface area contributed by atoms with E-state index in [2.05, 4.69) is 47.4 Å². The molecule has 34 heavy (non-hydrogen) atoms. The highest BCUT2D eigenvalue weighted by atomic mass is 16.5. The highest BCUT2D eigenvalue weighted by Gasteiger charge is 2.62. The van der Waals surface area contributed by atoms with Gasteiger partial charge in [-0.2, -0.15) is 0 Å².